The number of benzene rings is 3. The first-order valence-corrected chi connectivity index (χ1v) is 10.6. The van der Waals surface area contributed by atoms with Crippen LogP contribution in [0.5, 0.6) is 23.0 Å². The van der Waals surface area contributed by atoms with Gasteiger partial charge in [-0.25, -0.2) is 0 Å². The third kappa shape index (κ3) is 5.93. The molecule has 1 unspecified atom stereocenters. The summed E-state index contributed by atoms with van der Waals surface area (Å²) < 4.78 is 22.3. The van der Waals surface area contributed by atoms with E-state index in [0.29, 0.717) is 49.1 Å². The largest absolute Gasteiger partial charge is 0.493 e. The minimum Gasteiger partial charge on any atom is -0.493 e. The molecule has 0 aliphatic heterocycles. The summed E-state index contributed by atoms with van der Waals surface area (Å²) in [4.78, 5) is 0. The maximum absolute atomic E-state index is 10.7. The van der Waals surface area contributed by atoms with Gasteiger partial charge in [0.2, 0.25) is 5.75 Å². The number of aliphatic hydroxyl groups excluding tert-OH is 1. The molecule has 0 spiro atoms. The summed E-state index contributed by atoms with van der Waals surface area (Å²) in [5, 5.41) is 14.1. The van der Waals surface area contributed by atoms with E-state index in [4.69, 9.17) is 18.9 Å². The van der Waals surface area contributed by atoms with E-state index in [0.717, 1.165) is 16.7 Å². The molecule has 0 aromatic heterocycles. The van der Waals surface area contributed by atoms with Crippen LogP contribution in [0.3, 0.4) is 0 Å². The Morgan fingerprint density at radius 2 is 1.50 bits per heavy atom. The topological polar surface area (TPSA) is 69.2 Å². The Bertz CT molecular complexity index is 977. The third-order valence-corrected chi connectivity index (χ3v) is 5.21. The van der Waals surface area contributed by atoms with E-state index >= 15 is 0 Å². The van der Waals surface area contributed by atoms with Crippen LogP contribution >= 0.6 is 0 Å². The molecule has 6 nitrogen and oxygen atoms in total. The van der Waals surface area contributed by atoms with Crippen molar-refractivity contribution in [3.05, 3.63) is 83.4 Å². The zero-order valence-electron chi connectivity index (χ0n) is 18.8. The zero-order chi connectivity index (χ0) is 22.8. The number of methoxy groups -OCH3 is 3. The van der Waals surface area contributed by atoms with E-state index in [1.165, 1.54) is 0 Å². The molecule has 0 bridgehead atoms. The minimum atomic E-state index is -0.686. The number of aliphatic hydroxyl groups is 1. The van der Waals surface area contributed by atoms with Crippen LogP contribution in [0.1, 0.15) is 22.8 Å². The lowest BCUT2D eigenvalue weighted by molar-refractivity contribution is 0.168. The van der Waals surface area contributed by atoms with Gasteiger partial charge in [-0.05, 0) is 36.2 Å². The van der Waals surface area contributed by atoms with Crippen molar-refractivity contribution in [2.45, 2.75) is 19.1 Å². The smallest absolute Gasteiger partial charge is 0.203 e. The molecular formula is C26H31NO5. The molecular weight excluding hydrogens is 406 g/mol. The van der Waals surface area contributed by atoms with Crippen LogP contribution in [0, 0.1) is 0 Å². The number of rotatable bonds is 12. The van der Waals surface area contributed by atoms with E-state index < -0.39 is 6.10 Å². The van der Waals surface area contributed by atoms with E-state index in [9.17, 15) is 5.11 Å². The first-order chi connectivity index (χ1) is 15.7. The van der Waals surface area contributed by atoms with Crippen molar-refractivity contribution in [1.82, 2.24) is 5.32 Å². The molecule has 0 saturated carbocycles. The predicted molar refractivity (Wildman–Crippen MR) is 125 cm³/mol. The van der Waals surface area contributed by atoms with Gasteiger partial charge in [-0.1, -0.05) is 54.6 Å². The number of nitrogens with one attached hydrogen (secondary N) is 1. The highest BCUT2D eigenvalue weighted by Crippen LogP contribution is 2.39. The average molecular weight is 438 g/mol. The van der Waals surface area contributed by atoms with Crippen molar-refractivity contribution in [3.63, 3.8) is 0 Å². The second-order valence-electron chi connectivity index (χ2n) is 7.28. The molecule has 1 atom stereocenters. The molecule has 0 radical (unpaired) electrons. The van der Waals surface area contributed by atoms with E-state index in [1.54, 1.807) is 21.3 Å². The minimum absolute atomic E-state index is 0.404. The number of hydrogen-bond donors (Lipinski definition) is 2. The van der Waals surface area contributed by atoms with Crippen LogP contribution in [0.15, 0.2) is 66.7 Å². The Balaban J connectivity index is 1.56. The summed E-state index contributed by atoms with van der Waals surface area (Å²) in [5.41, 5.74) is 2.84. The molecule has 170 valence electrons. The molecule has 0 heterocycles. The summed E-state index contributed by atoms with van der Waals surface area (Å²) in [6.45, 7) is 1.52. The second kappa shape index (κ2) is 12.0. The van der Waals surface area contributed by atoms with Crippen molar-refractivity contribution in [2.75, 3.05) is 34.4 Å². The maximum atomic E-state index is 10.7. The van der Waals surface area contributed by atoms with Crippen LogP contribution in [0.2, 0.25) is 0 Å². The molecule has 3 rings (SSSR count). The fourth-order valence-electron chi connectivity index (χ4n) is 3.55. The number of para-hydroxylation sites is 1. The molecule has 3 aromatic rings. The quantitative estimate of drug-likeness (QED) is 0.415. The van der Waals surface area contributed by atoms with Gasteiger partial charge >= 0.3 is 0 Å². The van der Waals surface area contributed by atoms with Crippen molar-refractivity contribution < 1.29 is 24.1 Å². The third-order valence-electron chi connectivity index (χ3n) is 5.21. The molecule has 3 aromatic carbocycles. The summed E-state index contributed by atoms with van der Waals surface area (Å²) in [5.74, 6) is 2.56. The lowest BCUT2D eigenvalue weighted by Gasteiger charge is -2.18. The Morgan fingerprint density at radius 3 is 2.22 bits per heavy atom. The molecule has 0 saturated heterocycles. The van der Waals surface area contributed by atoms with Gasteiger partial charge in [0.25, 0.3) is 0 Å². The molecule has 6 heteroatoms. The molecule has 0 fully saturated rings. The summed E-state index contributed by atoms with van der Waals surface area (Å²) in [6.07, 6.45) is 0.0249. The first-order valence-electron chi connectivity index (χ1n) is 10.6. The molecule has 0 amide bonds. The van der Waals surface area contributed by atoms with Crippen LogP contribution < -0.4 is 24.3 Å². The van der Waals surface area contributed by atoms with Crippen molar-refractivity contribution >= 4 is 0 Å². The van der Waals surface area contributed by atoms with Gasteiger partial charge in [-0.3, -0.25) is 0 Å². The molecule has 0 aliphatic carbocycles. The van der Waals surface area contributed by atoms with Crippen molar-refractivity contribution in [3.8, 4) is 23.0 Å². The fourth-order valence-corrected chi connectivity index (χ4v) is 3.55. The SMILES string of the molecule is COc1ccc(CCNCC(O)c2ccccc2OCc2ccccc2)c(OC)c1OC. The normalized spacial score (nSPS) is 11.6. The lowest BCUT2D eigenvalue weighted by Crippen LogP contribution is -2.24. The summed E-state index contributed by atoms with van der Waals surface area (Å²) in [7, 11) is 4.81. The van der Waals surface area contributed by atoms with Gasteiger partial charge in [0.1, 0.15) is 12.4 Å². The van der Waals surface area contributed by atoms with E-state index in [-0.39, 0.29) is 0 Å². The van der Waals surface area contributed by atoms with E-state index in [2.05, 4.69) is 5.32 Å². The number of ether oxygens (including phenoxy) is 4. The average Bonchev–Trinajstić information content (AvgIpc) is 2.85. The van der Waals surface area contributed by atoms with Crippen molar-refractivity contribution in [1.29, 1.82) is 0 Å². The molecule has 0 aliphatic rings. The monoisotopic (exact) mass is 437 g/mol. The van der Waals surface area contributed by atoms with Gasteiger partial charge in [0.15, 0.2) is 11.5 Å². The van der Waals surface area contributed by atoms with Crippen LogP contribution in [0.25, 0.3) is 0 Å². The fraction of sp³-hybridized carbons (Fsp3) is 0.308. The standard InChI is InChI=1S/C26H31NO5/c1-29-24-14-13-20(25(30-2)26(24)31-3)15-16-27-17-22(28)21-11-7-8-12-23(21)32-18-19-9-5-4-6-10-19/h4-14,22,27-28H,15-18H2,1-3H3. The van der Waals surface area contributed by atoms with Crippen molar-refractivity contribution in [2.24, 2.45) is 0 Å². The van der Waals surface area contributed by atoms with E-state index in [1.807, 2.05) is 66.7 Å². The van der Waals surface area contributed by atoms with Gasteiger partial charge in [0, 0.05) is 12.1 Å². The molecule has 32 heavy (non-hydrogen) atoms. The Labute approximate surface area is 189 Å². The Morgan fingerprint density at radius 1 is 0.781 bits per heavy atom. The Kier molecular flexibility index (Phi) is 8.78. The highest BCUT2D eigenvalue weighted by atomic mass is 16.5. The van der Waals surface area contributed by atoms with Gasteiger partial charge in [0.05, 0.1) is 27.4 Å². The van der Waals surface area contributed by atoms with Gasteiger partial charge < -0.3 is 29.4 Å². The predicted octanol–water partition coefficient (Wildman–Crippen LogP) is 4.16. The van der Waals surface area contributed by atoms with Gasteiger partial charge in [-0.15, -0.1) is 0 Å². The van der Waals surface area contributed by atoms with Crippen LogP contribution in [-0.4, -0.2) is 39.5 Å². The summed E-state index contributed by atoms with van der Waals surface area (Å²) in [6, 6.07) is 21.4. The van der Waals surface area contributed by atoms with Gasteiger partial charge in [-0.2, -0.15) is 0 Å². The summed E-state index contributed by atoms with van der Waals surface area (Å²) >= 11 is 0. The van der Waals surface area contributed by atoms with Crippen LogP contribution in [-0.2, 0) is 13.0 Å². The second-order valence-corrected chi connectivity index (χ2v) is 7.28. The zero-order valence-corrected chi connectivity index (χ0v) is 18.8. The highest BCUT2D eigenvalue weighted by Gasteiger charge is 2.16. The first kappa shape index (κ1) is 23.4. The highest BCUT2D eigenvalue weighted by molar-refractivity contribution is 5.55. The lowest BCUT2D eigenvalue weighted by atomic mass is 10.1. The Hall–Kier alpha value is -3.22. The van der Waals surface area contributed by atoms with Crippen LogP contribution in [0.4, 0.5) is 0 Å². The number of hydrogen-bond acceptors (Lipinski definition) is 6. The molecule has 2 N–H and O–H groups in total. The maximum Gasteiger partial charge on any atom is 0.203 e.